The average molecular weight is 405 g/mol. The normalized spacial score (nSPS) is 13.4. The first-order valence-electron chi connectivity index (χ1n) is 10.6. The van der Waals surface area contributed by atoms with E-state index >= 15 is 0 Å². The van der Waals surface area contributed by atoms with E-state index in [0.717, 1.165) is 52.9 Å². The van der Waals surface area contributed by atoms with Crippen molar-refractivity contribution >= 4 is 28.5 Å². The van der Waals surface area contributed by atoms with Crippen LogP contribution in [0.25, 0.3) is 11.0 Å². The lowest BCUT2D eigenvalue weighted by Gasteiger charge is -2.12. The Balaban J connectivity index is 1.46. The predicted octanol–water partition coefficient (Wildman–Crippen LogP) is 3.75. The lowest BCUT2D eigenvalue weighted by Crippen LogP contribution is -2.26. The number of amides is 2. The third-order valence-corrected chi connectivity index (χ3v) is 5.53. The fraction of sp³-hybridized carbons (Fsp3) is 0.375. The van der Waals surface area contributed by atoms with Crippen LogP contribution in [0.2, 0.25) is 0 Å². The van der Waals surface area contributed by atoms with E-state index in [-0.39, 0.29) is 24.3 Å². The zero-order valence-corrected chi connectivity index (χ0v) is 17.6. The molecular weight excluding hydrogens is 376 g/mol. The van der Waals surface area contributed by atoms with Gasteiger partial charge in [0.1, 0.15) is 12.4 Å². The minimum Gasteiger partial charge on any atom is -0.356 e. The van der Waals surface area contributed by atoms with E-state index in [4.69, 9.17) is 4.98 Å². The molecular formula is C24H28N4O2. The zero-order chi connectivity index (χ0) is 21.1. The van der Waals surface area contributed by atoms with Gasteiger partial charge in [-0.25, -0.2) is 4.98 Å². The van der Waals surface area contributed by atoms with Crippen LogP contribution < -0.4 is 10.6 Å². The van der Waals surface area contributed by atoms with Crippen molar-refractivity contribution < 1.29 is 9.59 Å². The van der Waals surface area contributed by atoms with Gasteiger partial charge < -0.3 is 15.2 Å². The Hall–Kier alpha value is -3.15. The number of imidazole rings is 1. The number of hydrogen-bond donors (Lipinski definition) is 2. The van der Waals surface area contributed by atoms with Crippen molar-refractivity contribution in [2.45, 2.75) is 46.1 Å². The average Bonchev–Trinajstić information content (AvgIpc) is 3.52. The van der Waals surface area contributed by atoms with Crippen molar-refractivity contribution in [1.82, 2.24) is 14.9 Å². The molecule has 0 bridgehead atoms. The molecule has 1 aromatic heterocycles. The second kappa shape index (κ2) is 8.69. The molecule has 3 aromatic rings. The molecule has 1 aliphatic rings. The number of anilines is 1. The summed E-state index contributed by atoms with van der Waals surface area (Å²) in [6, 6.07) is 13.9. The number of nitrogens with one attached hydrogen (secondary N) is 2. The molecule has 0 atom stereocenters. The molecule has 1 aliphatic carbocycles. The van der Waals surface area contributed by atoms with E-state index < -0.39 is 0 Å². The fourth-order valence-corrected chi connectivity index (χ4v) is 3.64. The second-order valence-corrected chi connectivity index (χ2v) is 8.14. The molecule has 0 spiro atoms. The Bertz CT molecular complexity index is 1080. The van der Waals surface area contributed by atoms with E-state index in [1.54, 1.807) is 0 Å². The van der Waals surface area contributed by atoms with E-state index in [0.29, 0.717) is 13.0 Å². The maximum atomic E-state index is 12.8. The van der Waals surface area contributed by atoms with Gasteiger partial charge in [0.2, 0.25) is 11.8 Å². The molecule has 0 saturated heterocycles. The highest BCUT2D eigenvalue weighted by Crippen LogP contribution is 2.28. The maximum absolute atomic E-state index is 12.8. The van der Waals surface area contributed by atoms with Crippen molar-refractivity contribution in [2.24, 2.45) is 5.92 Å². The van der Waals surface area contributed by atoms with Crippen LogP contribution in [0.3, 0.4) is 0 Å². The third-order valence-electron chi connectivity index (χ3n) is 5.53. The second-order valence-electron chi connectivity index (χ2n) is 8.14. The molecule has 2 aromatic carbocycles. The first-order chi connectivity index (χ1) is 14.5. The number of carbonyl (C=O) groups is 2. The highest BCUT2D eigenvalue weighted by atomic mass is 16.2. The van der Waals surface area contributed by atoms with Gasteiger partial charge >= 0.3 is 0 Å². The molecule has 0 unspecified atom stereocenters. The molecule has 4 rings (SSSR count). The Labute approximate surface area is 176 Å². The summed E-state index contributed by atoms with van der Waals surface area (Å²) in [5.41, 5.74) is 4.82. The van der Waals surface area contributed by atoms with Crippen molar-refractivity contribution in [3.8, 4) is 0 Å². The minimum absolute atomic E-state index is 0.0739. The lowest BCUT2D eigenvalue weighted by molar-refractivity contribution is -0.122. The molecule has 6 nitrogen and oxygen atoms in total. The van der Waals surface area contributed by atoms with Gasteiger partial charge in [-0.15, -0.1) is 0 Å². The lowest BCUT2D eigenvalue weighted by atomic mass is 10.1. The molecule has 1 heterocycles. The van der Waals surface area contributed by atoms with Crippen molar-refractivity contribution in [3.05, 3.63) is 59.4 Å². The standard InChI is InChI=1S/C24H28N4O2/c1-16-9-10-17(2)20(14-16)27-23(29)15-28-21-7-4-3-6-19(21)26-22(28)8-5-13-25-24(30)18-11-12-18/h3-4,6-7,9-10,14,18H,5,8,11-13,15H2,1-2H3,(H,25,30)(H,27,29). The molecule has 0 radical (unpaired) electrons. The van der Waals surface area contributed by atoms with Gasteiger partial charge in [-0.05, 0) is 62.4 Å². The van der Waals surface area contributed by atoms with Crippen molar-refractivity contribution in [1.29, 1.82) is 0 Å². The van der Waals surface area contributed by atoms with Gasteiger partial charge in [0.25, 0.3) is 0 Å². The highest BCUT2D eigenvalue weighted by Gasteiger charge is 2.29. The quantitative estimate of drug-likeness (QED) is 0.562. The summed E-state index contributed by atoms with van der Waals surface area (Å²) in [5, 5.41) is 6.04. The Morgan fingerprint density at radius 1 is 1.13 bits per heavy atom. The largest absolute Gasteiger partial charge is 0.356 e. The van der Waals surface area contributed by atoms with Crippen LogP contribution in [0.5, 0.6) is 0 Å². The first kappa shape index (κ1) is 20.1. The maximum Gasteiger partial charge on any atom is 0.244 e. The topological polar surface area (TPSA) is 76.0 Å². The molecule has 2 amide bonds. The van der Waals surface area contributed by atoms with Gasteiger partial charge in [0.05, 0.1) is 11.0 Å². The number of para-hydroxylation sites is 2. The molecule has 1 saturated carbocycles. The van der Waals surface area contributed by atoms with Gasteiger partial charge in [-0.3, -0.25) is 9.59 Å². The Morgan fingerprint density at radius 3 is 2.73 bits per heavy atom. The molecule has 1 fully saturated rings. The van der Waals surface area contributed by atoms with E-state index in [1.807, 2.05) is 60.9 Å². The molecule has 156 valence electrons. The summed E-state index contributed by atoms with van der Waals surface area (Å²) >= 11 is 0. The SMILES string of the molecule is Cc1ccc(C)c(NC(=O)Cn2c(CCCNC(=O)C3CC3)nc3ccccc32)c1. The number of hydrogen-bond acceptors (Lipinski definition) is 3. The summed E-state index contributed by atoms with van der Waals surface area (Å²) in [6.45, 7) is 4.84. The monoisotopic (exact) mass is 404 g/mol. The van der Waals surface area contributed by atoms with Gasteiger partial charge in [0.15, 0.2) is 0 Å². The number of rotatable bonds is 8. The van der Waals surface area contributed by atoms with E-state index in [9.17, 15) is 9.59 Å². The van der Waals surface area contributed by atoms with E-state index in [2.05, 4.69) is 10.6 Å². The number of aryl methyl sites for hydroxylation is 3. The third kappa shape index (κ3) is 4.70. The summed E-state index contributed by atoms with van der Waals surface area (Å²) in [7, 11) is 0. The van der Waals surface area contributed by atoms with Gasteiger partial charge in [-0.2, -0.15) is 0 Å². The summed E-state index contributed by atoms with van der Waals surface area (Å²) in [5.74, 6) is 1.18. The number of aromatic nitrogens is 2. The molecule has 2 N–H and O–H groups in total. The Morgan fingerprint density at radius 2 is 1.93 bits per heavy atom. The highest BCUT2D eigenvalue weighted by molar-refractivity contribution is 5.92. The minimum atomic E-state index is -0.0739. The molecule has 30 heavy (non-hydrogen) atoms. The number of benzene rings is 2. The number of fused-ring (bicyclic) bond motifs is 1. The van der Waals surface area contributed by atoms with Crippen molar-refractivity contribution in [2.75, 3.05) is 11.9 Å². The van der Waals surface area contributed by atoms with Gasteiger partial charge in [-0.1, -0.05) is 24.3 Å². The van der Waals surface area contributed by atoms with E-state index in [1.165, 1.54) is 0 Å². The number of nitrogens with zero attached hydrogens (tertiary/aromatic N) is 2. The molecule has 0 aliphatic heterocycles. The van der Waals surface area contributed by atoms with Crippen LogP contribution in [-0.2, 0) is 22.6 Å². The van der Waals surface area contributed by atoms with Crippen molar-refractivity contribution in [3.63, 3.8) is 0 Å². The predicted molar refractivity (Wildman–Crippen MR) is 118 cm³/mol. The first-order valence-corrected chi connectivity index (χ1v) is 10.6. The summed E-state index contributed by atoms with van der Waals surface area (Å²) < 4.78 is 1.98. The molecule has 6 heteroatoms. The van der Waals surface area contributed by atoms with Crippen LogP contribution in [0.4, 0.5) is 5.69 Å². The van der Waals surface area contributed by atoms with Crippen LogP contribution in [0.15, 0.2) is 42.5 Å². The fourth-order valence-electron chi connectivity index (χ4n) is 3.64. The zero-order valence-electron chi connectivity index (χ0n) is 17.6. The van der Waals surface area contributed by atoms with Crippen LogP contribution in [0, 0.1) is 19.8 Å². The van der Waals surface area contributed by atoms with Gasteiger partial charge in [0, 0.05) is 24.6 Å². The summed E-state index contributed by atoms with van der Waals surface area (Å²) in [6.07, 6.45) is 3.52. The van der Waals surface area contributed by atoms with Crippen LogP contribution >= 0.6 is 0 Å². The Kier molecular flexibility index (Phi) is 5.84. The van der Waals surface area contributed by atoms with Crippen LogP contribution in [0.1, 0.15) is 36.2 Å². The number of carbonyl (C=O) groups excluding carboxylic acids is 2. The summed E-state index contributed by atoms with van der Waals surface area (Å²) in [4.78, 5) is 29.4. The smallest absolute Gasteiger partial charge is 0.244 e. The van der Waals surface area contributed by atoms with Crippen LogP contribution in [-0.4, -0.2) is 27.9 Å².